The predicted molar refractivity (Wildman–Crippen MR) is 99.4 cm³/mol. The minimum Gasteiger partial charge on any atom is -0.347 e. The summed E-state index contributed by atoms with van der Waals surface area (Å²) in [6.45, 7) is 0.427. The average Bonchev–Trinajstić information content (AvgIpc) is 3.06. The summed E-state index contributed by atoms with van der Waals surface area (Å²) in [5.41, 5.74) is 0.812. The maximum atomic E-state index is 12.9. The second kappa shape index (κ2) is 8.13. The standard InChI is InChI=1S/C16H18ClN3OS2/c17-12-2-1-3-13(8-12)20(10-15-18-4-5-19-15)16(21)9-14-11-22-6-7-23-14/h1-5,8,14H,6-7,9-11H2,(H,18,19). The quantitative estimate of drug-likeness (QED) is 0.872. The first-order chi connectivity index (χ1) is 11.2. The zero-order valence-electron chi connectivity index (χ0n) is 12.6. The normalized spacial score (nSPS) is 17.9. The molecule has 1 N–H and O–H groups in total. The Labute approximate surface area is 149 Å². The number of benzene rings is 1. The lowest BCUT2D eigenvalue weighted by molar-refractivity contribution is -0.118. The lowest BCUT2D eigenvalue weighted by Gasteiger charge is -2.26. The number of carbonyl (C=O) groups excluding carboxylic acids is 1. The van der Waals surface area contributed by atoms with Gasteiger partial charge in [-0.25, -0.2) is 4.98 Å². The van der Waals surface area contributed by atoms with Crippen LogP contribution in [0.15, 0.2) is 36.7 Å². The number of hydrogen-bond acceptors (Lipinski definition) is 4. The Balaban J connectivity index is 1.77. The smallest absolute Gasteiger partial charge is 0.228 e. The third-order valence-corrected chi connectivity index (χ3v) is 6.65. The average molecular weight is 368 g/mol. The molecule has 23 heavy (non-hydrogen) atoms. The number of H-pyrrole nitrogens is 1. The molecule has 1 amide bonds. The third kappa shape index (κ3) is 4.68. The van der Waals surface area contributed by atoms with Gasteiger partial charge in [-0.15, -0.1) is 0 Å². The number of nitrogens with zero attached hydrogens (tertiary/aromatic N) is 2. The molecule has 3 rings (SSSR count). The van der Waals surface area contributed by atoms with Gasteiger partial charge in [-0.05, 0) is 18.2 Å². The summed E-state index contributed by atoms with van der Waals surface area (Å²) in [6, 6.07) is 7.42. The molecular formula is C16H18ClN3OS2. The van der Waals surface area contributed by atoms with Crippen molar-refractivity contribution in [1.29, 1.82) is 0 Å². The van der Waals surface area contributed by atoms with Crippen molar-refractivity contribution in [3.8, 4) is 0 Å². The van der Waals surface area contributed by atoms with E-state index in [9.17, 15) is 4.79 Å². The number of rotatable bonds is 5. The molecule has 1 aliphatic rings. The number of aromatic nitrogens is 2. The van der Waals surface area contributed by atoms with Crippen LogP contribution in [0, 0.1) is 0 Å². The van der Waals surface area contributed by atoms with Gasteiger partial charge in [0.1, 0.15) is 5.82 Å². The topological polar surface area (TPSA) is 49.0 Å². The Hall–Kier alpha value is -1.11. The summed E-state index contributed by atoms with van der Waals surface area (Å²) >= 11 is 9.93. The van der Waals surface area contributed by atoms with Gasteiger partial charge in [0.2, 0.25) is 5.91 Å². The van der Waals surface area contributed by atoms with Gasteiger partial charge in [0.15, 0.2) is 0 Å². The van der Waals surface area contributed by atoms with Crippen LogP contribution in [0.4, 0.5) is 5.69 Å². The van der Waals surface area contributed by atoms with Gasteiger partial charge in [0.05, 0.1) is 6.54 Å². The molecule has 122 valence electrons. The van der Waals surface area contributed by atoms with E-state index in [-0.39, 0.29) is 5.91 Å². The van der Waals surface area contributed by atoms with Crippen molar-refractivity contribution in [3.05, 3.63) is 47.5 Å². The highest BCUT2D eigenvalue weighted by Gasteiger charge is 2.23. The zero-order chi connectivity index (χ0) is 16.1. The first-order valence-electron chi connectivity index (χ1n) is 7.46. The third-order valence-electron chi connectivity index (χ3n) is 3.57. The largest absolute Gasteiger partial charge is 0.347 e. The molecule has 1 aliphatic heterocycles. The molecule has 1 aromatic heterocycles. The highest BCUT2D eigenvalue weighted by atomic mass is 35.5. The predicted octanol–water partition coefficient (Wildman–Crippen LogP) is 3.84. The number of anilines is 1. The Morgan fingerprint density at radius 3 is 3.04 bits per heavy atom. The zero-order valence-corrected chi connectivity index (χ0v) is 15.0. The van der Waals surface area contributed by atoms with Crippen LogP contribution in [0.3, 0.4) is 0 Å². The van der Waals surface area contributed by atoms with Gasteiger partial charge < -0.3 is 9.88 Å². The Bertz CT molecular complexity index is 645. The van der Waals surface area contributed by atoms with Crippen LogP contribution < -0.4 is 4.90 Å². The van der Waals surface area contributed by atoms with Crippen molar-refractivity contribution >= 4 is 46.7 Å². The number of hydrogen-bond donors (Lipinski definition) is 1. The van der Waals surface area contributed by atoms with Crippen molar-refractivity contribution in [2.75, 3.05) is 22.2 Å². The van der Waals surface area contributed by atoms with E-state index in [0.717, 1.165) is 23.0 Å². The second-order valence-corrected chi connectivity index (χ2v) is 8.26. The SMILES string of the molecule is O=C(CC1CSCCS1)N(Cc1ncc[nH]1)c1cccc(Cl)c1. The Morgan fingerprint density at radius 2 is 2.35 bits per heavy atom. The van der Waals surface area contributed by atoms with Crippen LogP contribution in [-0.2, 0) is 11.3 Å². The van der Waals surface area contributed by atoms with Crippen molar-refractivity contribution in [2.24, 2.45) is 0 Å². The van der Waals surface area contributed by atoms with E-state index in [2.05, 4.69) is 9.97 Å². The number of imidazole rings is 1. The summed E-state index contributed by atoms with van der Waals surface area (Å²) in [5.74, 6) is 4.23. The fourth-order valence-electron chi connectivity index (χ4n) is 2.46. The summed E-state index contributed by atoms with van der Waals surface area (Å²) < 4.78 is 0. The van der Waals surface area contributed by atoms with Gasteiger partial charge in [-0.1, -0.05) is 17.7 Å². The molecular weight excluding hydrogens is 350 g/mol. The molecule has 0 spiro atoms. The van der Waals surface area contributed by atoms with Gasteiger partial charge >= 0.3 is 0 Å². The van der Waals surface area contributed by atoms with E-state index in [1.54, 1.807) is 17.3 Å². The maximum absolute atomic E-state index is 12.9. The summed E-state index contributed by atoms with van der Waals surface area (Å²) in [4.78, 5) is 21.9. The highest BCUT2D eigenvalue weighted by Crippen LogP contribution is 2.28. The lowest BCUT2D eigenvalue weighted by Crippen LogP contribution is -2.34. The number of amides is 1. The van der Waals surface area contributed by atoms with E-state index in [4.69, 9.17) is 11.6 Å². The van der Waals surface area contributed by atoms with Crippen LogP contribution in [0.25, 0.3) is 0 Å². The van der Waals surface area contributed by atoms with Crippen molar-refractivity contribution < 1.29 is 4.79 Å². The van der Waals surface area contributed by atoms with E-state index in [0.29, 0.717) is 23.2 Å². The van der Waals surface area contributed by atoms with Crippen LogP contribution in [0.5, 0.6) is 0 Å². The number of aromatic amines is 1. The molecule has 0 saturated carbocycles. The maximum Gasteiger partial charge on any atom is 0.228 e. The van der Waals surface area contributed by atoms with Crippen molar-refractivity contribution in [1.82, 2.24) is 9.97 Å². The number of thioether (sulfide) groups is 2. The first-order valence-corrected chi connectivity index (χ1v) is 10.0. The van der Waals surface area contributed by atoms with Crippen LogP contribution >= 0.6 is 35.1 Å². The fraction of sp³-hybridized carbons (Fsp3) is 0.375. The van der Waals surface area contributed by atoms with E-state index in [1.165, 1.54) is 5.75 Å². The molecule has 0 aliphatic carbocycles. The minimum atomic E-state index is 0.115. The van der Waals surface area contributed by atoms with Crippen LogP contribution in [0.2, 0.25) is 5.02 Å². The monoisotopic (exact) mass is 367 g/mol. The molecule has 0 bridgehead atoms. The highest BCUT2D eigenvalue weighted by molar-refractivity contribution is 8.06. The Kier molecular flexibility index (Phi) is 5.91. The number of halogens is 1. The molecule has 1 fully saturated rings. The fourth-order valence-corrected chi connectivity index (χ4v) is 5.32. The lowest BCUT2D eigenvalue weighted by atomic mass is 10.2. The second-order valence-electron chi connectivity index (χ2n) is 5.27. The molecule has 2 heterocycles. The first kappa shape index (κ1) is 16.7. The summed E-state index contributed by atoms with van der Waals surface area (Å²) in [6.07, 6.45) is 4.01. The van der Waals surface area contributed by atoms with Crippen LogP contribution in [0.1, 0.15) is 12.2 Å². The van der Waals surface area contributed by atoms with E-state index in [1.807, 2.05) is 47.8 Å². The minimum absolute atomic E-state index is 0.115. The summed E-state index contributed by atoms with van der Waals surface area (Å²) in [5, 5.41) is 1.02. The molecule has 1 aromatic carbocycles. The molecule has 1 saturated heterocycles. The van der Waals surface area contributed by atoms with Gasteiger partial charge in [-0.3, -0.25) is 4.79 Å². The molecule has 0 radical (unpaired) electrons. The van der Waals surface area contributed by atoms with Crippen LogP contribution in [-0.4, -0.2) is 38.4 Å². The molecule has 1 atom stereocenters. The van der Waals surface area contributed by atoms with Gasteiger partial charge in [0.25, 0.3) is 0 Å². The van der Waals surface area contributed by atoms with Gasteiger partial charge in [-0.2, -0.15) is 23.5 Å². The van der Waals surface area contributed by atoms with Crippen molar-refractivity contribution in [3.63, 3.8) is 0 Å². The number of carbonyl (C=O) groups is 1. The molecule has 1 unspecified atom stereocenters. The summed E-state index contributed by atoms with van der Waals surface area (Å²) in [7, 11) is 0. The van der Waals surface area contributed by atoms with E-state index < -0.39 is 0 Å². The van der Waals surface area contributed by atoms with Gasteiger partial charge in [0, 0.05) is 52.0 Å². The van der Waals surface area contributed by atoms with E-state index >= 15 is 0 Å². The molecule has 7 heteroatoms. The Morgan fingerprint density at radius 1 is 1.43 bits per heavy atom. The number of nitrogens with one attached hydrogen (secondary N) is 1. The van der Waals surface area contributed by atoms with Crippen molar-refractivity contribution in [2.45, 2.75) is 18.2 Å². The molecule has 4 nitrogen and oxygen atoms in total. The molecule has 2 aromatic rings.